The molecule has 0 unspecified atom stereocenters. The molecular weight excluding hydrogens is 426 g/mol. The number of Topliss-reactive ketones (excluding diaryl/α,β-unsaturated/α-hetero) is 1. The van der Waals surface area contributed by atoms with E-state index in [4.69, 9.17) is 18.9 Å². The molecule has 0 bridgehead atoms. The van der Waals surface area contributed by atoms with Crippen molar-refractivity contribution < 1.29 is 33.6 Å². The van der Waals surface area contributed by atoms with Gasteiger partial charge in [0.15, 0.2) is 11.5 Å². The van der Waals surface area contributed by atoms with Gasteiger partial charge in [0.1, 0.15) is 11.5 Å². The van der Waals surface area contributed by atoms with E-state index >= 15 is 0 Å². The lowest BCUT2D eigenvalue weighted by atomic mass is 9.93. The third-order valence-corrected chi connectivity index (χ3v) is 5.70. The normalized spacial score (nSPS) is 17.4. The number of methoxy groups -OCH3 is 4. The van der Waals surface area contributed by atoms with Crippen LogP contribution in [0.2, 0.25) is 0 Å². The largest absolute Gasteiger partial charge is 0.507 e. The summed E-state index contributed by atoms with van der Waals surface area (Å²) in [6.07, 6.45) is 0.537. The summed E-state index contributed by atoms with van der Waals surface area (Å²) in [6, 6.07) is 9.53. The zero-order valence-corrected chi connectivity index (χ0v) is 19.5. The Hall–Kier alpha value is -3.52. The van der Waals surface area contributed by atoms with Crippen LogP contribution in [-0.4, -0.2) is 63.3 Å². The van der Waals surface area contributed by atoms with E-state index in [0.29, 0.717) is 47.0 Å². The van der Waals surface area contributed by atoms with E-state index in [-0.39, 0.29) is 17.9 Å². The fourth-order valence-electron chi connectivity index (χ4n) is 4.03. The van der Waals surface area contributed by atoms with Crippen LogP contribution in [0.25, 0.3) is 5.76 Å². The molecule has 1 N–H and O–H groups in total. The third kappa shape index (κ3) is 4.66. The van der Waals surface area contributed by atoms with E-state index < -0.39 is 17.7 Å². The van der Waals surface area contributed by atoms with Gasteiger partial charge in [-0.2, -0.15) is 0 Å². The number of ketones is 1. The fraction of sp³-hybridized carbons (Fsp3) is 0.360. The number of ether oxygens (including phenoxy) is 4. The molecule has 0 aliphatic carbocycles. The summed E-state index contributed by atoms with van der Waals surface area (Å²) in [5, 5.41) is 11.3. The Morgan fingerprint density at radius 1 is 0.970 bits per heavy atom. The molecule has 8 heteroatoms. The molecular formula is C25H29NO7. The molecule has 1 amide bonds. The van der Waals surface area contributed by atoms with Crippen LogP contribution in [0.5, 0.6) is 17.2 Å². The van der Waals surface area contributed by atoms with Crippen molar-refractivity contribution in [3.63, 3.8) is 0 Å². The van der Waals surface area contributed by atoms with E-state index in [1.54, 1.807) is 57.5 Å². The van der Waals surface area contributed by atoms with Crippen molar-refractivity contribution >= 4 is 17.4 Å². The molecule has 1 saturated heterocycles. The highest BCUT2D eigenvalue weighted by molar-refractivity contribution is 6.46. The van der Waals surface area contributed by atoms with Crippen LogP contribution in [0.3, 0.4) is 0 Å². The molecule has 0 spiro atoms. The summed E-state index contributed by atoms with van der Waals surface area (Å²) in [5.74, 6) is -0.0387. The zero-order valence-electron chi connectivity index (χ0n) is 19.5. The molecule has 2 aromatic rings. The van der Waals surface area contributed by atoms with Crippen LogP contribution in [-0.2, 0) is 14.3 Å². The highest BCUT2D eigenvalue weighted by atomic mass is 16.5. The number of hydrogen-bond donors (Lipinski definition) is 1. The Labute approximate surface area is 193 Å². The molecule has 1 aliphatic rings. The number of hydrogen-bond acceptors (Lipinski definition) is 7. The molecule has 2 aromatic carbocycles. The molecule has 8 nitrogen and oxygen atoms in total. The minimum atomic E-state index is -0.789. The summed E-state index contributed by atoms with van der Waals surface area (Å²) in [6.45, 7) is 2.52. The maximum atomic E-state index is 13.1. The van der Waals surface area contributed by atoms with E-state index in [0.717, 1.165) is 0 Å². The van der Waals surface area contributed by atoms with Crippen molar-refractivity contribution in [2.24, 2.45) is 0 Å². The Balaban J connectivity index is 2.18. The predicted molar refractivity (Wildman–Crippen MR) is 123 cm³/mol. The SMILES string of the molecule is COCCCN1C(=O)C(=O)/C(=C(/O)c2ccc(OC)cc2C)[C@H]1c1ccc(OC)c(OC)c1. The Kier molecular flexibility index (Phi) is 7.60. The summed E-state index contributed by atoms with van der Waals surface area (Å²) >= 11 is 0. The number of aryl methyl sites for hydroxylation is 1. The zero-order chi connectivity index (χ0) is 24.1. The van der Waals surface area contributed by atoms with Gasteiger partial charge in [0.05, 0.1) is 32.9 Å². The number of amides is 1. The second kappa shape index (κ2) is 10.4. The molecule has 33 heavy (non-hydrogen) atoms. The van der Waals surface area contributed by atoms with Crippen molar-refractivity contribution in [1.82, 2.24) is 4.90 Å². The van der Waals surface area contributed by atoms with Crippen molar-refractivity contribution in [1.29, 1.82) is 0 Å². The quantitative estimate of drug-likeness (QED) is 0.268. The summed E-state index contributed by atoms with van der Waals surface area (Å²) < 4.78 is 21.1. The molecule has 1 aliphatic heterocycles. The van der Waals surface area contributed by atoms with Gasteiger partial charge in [-0.3, -0.25) is 9.59 Å². The Bertz CT molecular complexity index is 1080. The number of carbonyl (C=O) groups excluding carboxylic acids is 2. The van der Waals surface area contributed by atoms with Crippen LogP contribution >= 0.6 is 0 Å². The first kappa shape index (κ1) is 24.1. The van der Waals surface area contributed by atoms with Gasteiger partial charge < -0.3 is 29.0 Å². The van der Waals surface area contributed by atoms with Crippen LogP contribution < -0.4 is 14.2 Å². The third-order valence-electron chi connectivity index (χ3n) is 5.70. The van der Waals surface area contributed by atoms with Gasteiger partial charge in [-0.25, -0.2) is 0 Å². The van der Waals surface area contributed by atoms with Gasteiger partial charge in [-0.05, 0) is 54.8 Å². The molecule has 0 aromatic heterocycles. The van der Waals surface area contributed by atoms with Crippen LogP contribution in [0.4, 0.5) is 0 Å². The summed E-state index contributed by atoms with van der Waals surface area (Å²) in [7, 11) is 6.17. The molecule has 1 fully saturated rings. The standard InChI is InChI=1S/C25H29NO7/c1-15-13-17(31-3)8-9-18(15)23(27)21-22(16-7-10-19(32-4)20(14-16)33-5)26(11-6-12-30-2)25(29)24(21)28/h7-10,13-14,22,27H,6,11-12H2,1-5H3/b23-21+/t22-/m1/s1. The van der Waals surface area contributed by atoms with Crippen LogP contribution in [0, 0.1) is 6.92 Å². The Morgan fingerprint density at radius 3 is 2.30 bits per heavy atom. The monoisotopic (exact) mass is 455 g/mol. The van der Waals surface area contributed by atoms with Gasteiger partial charge in [-0.15, -0.1) is 0 Å². The highest BCUT2D eigenvalue weighted by Gasteiger charge is 2.46. The number of nitrogens with zero attached hydrogens (tertiary/aromatic N) is 1. The first-order valence-electron chi connectivity index (χ1n) is 10.5. The molecule has 0 radical (unpaired) electrons. The van der Waals surface area contributed by atoms with E-state index in [1.165, 1.54) is 19.1 Å². The lowest BCUT2D eigenvalue weighted by molar-refractivity contribution is -0.140. The first-order chi connectivity index (χ1) is 15.9. The van der Waals surface area contributed by atoms with Crippen molar-refractivity contribution in [2.75, 3.05) is 41.6 Å². The van der Waals surface area contributed by atoms with Gasteiger partial charge in [0.2, 0.25) is 0 Å². The topological polar surface area (TPSA) is 94.5 Å². The van der Waals surface area contributed by atoms with Crippen molar-refractivity contribution in [3.8, 4) is 17.2 Å². The van der Waals surface area contributed by atoms with Gasteiger partial charge in [-0.1, -0.05) is 6.07 Å². The van der Waals surface area contributed by atoms with Crippen molar-refractivity contribution in [2.45, 2.75) is 19.4 Å². The van der Waals surface area contributed by atoms with E-state index in [9.17, 15) is 14.7 Å². The minimum absolute atomic E-state index is 0.0258. The summed E-state index contributed by atoms with van der Waals surface area (Å²) in [4.78, 5) is 27.6. The van der Waals surface area contributed by atoms with Gasteiger partial charge in [0.25, 0.3) is 11.7 Å². The number of carbonyl (C=O) groups is 2. The number of benzene rings is 2. The van der Waals surface area contributed by atoms with Crippen molar-refractivity contribution in [3.05, 3.63) is 58.7 Å². The molecule has 176 valence electrons. The van der Waals surface area contributed by atoms with Crippen LogP contribution in [0.15, 0.2) is 42.0 Å². The maximum absolute atomic E-state index is 13.1. The number of aliphatic hydroxyl groups excluding tert-OH is 1. The summed E-state index contributed by atoms with van der Waals surface area (Å²) in [5.41, 5.74) is 1.81. The lowest BCUT2D eigenvalue weighted by Gasteiger charge is -2.26. The highest BCUT2D eigenvalue weighted by Crippen LogP contribution is 2.42. The molecule has 0 saturated carbocycles. The smallest absolute Gasteiger partial charge is 0.295 e. The fourth-order valence-corrected chi connectivity index (χ4v) is 4.03. The second-order valence-electron chi connectivity index (χ2n) is 7.63. The lowest BCUT2D eigenvalue weighted by Crippen LogP contribution is -2.31. The van der Waals surface area contributed by atoms with Crippen LogP contribution in [0.1, 0.15) is 29.2 Å². The number of aliphatic hydroxyl groups is 1. The average molecular weight is 456 g/mol. The average Bonchev–Trinajstić information content (AvgIpc) is 3.08. The second-order valence-corrected chi connectivity index (χ2v) is 7.63. The molecule has 3 rings (SSSR count). The van der Waals surface area contributed by atoms with E-state index in [2.05, 4.69) is 0 Å². The minimum Gasteiger partial charge on any atom is -0.507 e. The molecule has 1 heterocycles. The first-order valence-corrected chi connectivity index (χ1v) is 10.5. The van der Waals surface area contributed by atoms with Gasteiger partial charge in [0, 0.05) is 25.8 Å². The Morgan fingerprint density at radius 2 is 1.70 bits per heavy atom. The maximum Gasteiger partial charge on any atom is 0.295 e. The van der Waals surface area contributed by atoms with E-state index in [1.807, 2.05) is 0 Å². The number of rotatable bonds is 9. The molecule has 1 atom stereocenters. The predicted octanol–water partition coefficient (Wildman–Crippen LogP) is 3.48. The number of likely N-dealkylation sites (tertiary alicyclic amines) is 1. The van der Waals surface area contributed by atoms with Gasteiger partial charge >= 0.3 is 0 Å².